The molecule has 0 spiro atoms. The van der Waals surface area contributed by atoms with Gasteiger partial charge in [0, 0.05) is 0 Å². The van der Waals surface area contributed by atoms with Crippen LogP contribution in [0.2, 0.25) is 0 Å². The monoisotopic (exact) mass is 226 g/mol. The minimum atomic E-state index is -0.680. The largest absolute Gasteiger partial charge is 0.506 e. The highest BCUT2D eigenvalue weighted by Gasteiger charge is 2.14. The Bertz CT molecular complexity index is 418. The number of hydrogen-bond donors (Lipinski definition) is 1. The van der Waals surface area contributed by atoms with Crippen LogP contribution in [-0.4, -0.2) is 27.6 Å². The van der Waals surface area contributed by atoms with Gasteiger partial charge in [0.2, 0.25) is 0 Å². The molecule has 0 atom stereocenters. The van der Waals surface area contributed by atoms with E-state index in [-0.39, 0.29) is 30.2 Å². The number of rotatable bonds is 4. The molecule has 0 saturated heterocycles. The first-order valence-electron chi connectivity index (χ1n) is 4.52. The van der Waals surface area contributed by atoms with Crippen molar-refractivity contribution in [1.82, 2.24) is 4.98 Å². The van der Waals surface area contributed by atoms with Gasteiger partial charge in [-0.05, 0) is 6.92 Å². The molecule has 0 bridgehead atoms. The van der Waals surface area contributed by atoms with E-state index >= 15 is 0 Å². The Kier molecular flexibility index (Phi) is 3.76. The molecule has 1 N–H and O–H groups in total. The Morgan fingerprint density at radius 1 is 1.69 bits per heavy atom. The van der Waals surface area contributed by atoms with E-state index in [1.165, 1.54) is 0 Å². The lowest BCUT2D eigenvalue weighted by atomic mass is 10.2. The SMILES string of the molecule is CCOC(=O)Cc1ncc([N+](=O)[O-])cc1O. The predicted molar refractivity (Wildman–Crippen MR) is 52.9 cm³/mol. The molecule has 7 heteroatoms. The second-order valence-corrected chi connectivity index (χ2v) is 2.90. The molecule has 0 aliphatic rings. The van der Waals surface area contributed by atoms with Crippen LogP contribution in [0.25, 0.3) is 0 Å². The number of carbonyl (C=O) groups is 1. The number of nitrogens with zero attached hydrogens (tertiary/aromatic N) is 2. The number of carbonyl (C=O) groups excluding carboxylic acids is 1. The summed E-state index contributed by atoms with van der Waals surface area (Å²) >= 11 is 0. The van der Waals surface area contributed by atoms with Gasteiger partial charge in [0.05, 0.1) is 29.7 Å². The normalized spacial score (nSPS) is 9.81. The fourth-order valence-electron chi connectivity index (χ4n) is 1.06. The zero-order valence-electron chi connectivity index (χ0n) is 8.54. The van der Waals surface area contributed by atoms with Crippen molar-refractivity contribution in [2.24, 2.45) is 0 Å². The molecule has 1 heterocycles. The topological polar surface area (TPSA) is 103 Å². The Hall–Kier alpha value is -2.18. The number of aromatic hydroxyl groups is 1. The molecule has 86 valence electrons. The van der Waals surface area contributed by atoms with E-state index in [1.807, 2.05) is 0 Å². The van der Waals surface area contributed by atoms with Crippen molar-refractivity contribution >= 4 is 11.7 Å². The smallest absolute Gasteiger partial charge is 0.312 e. The maximum absolute atomic E-state index is 11.1. The Balaban J connectivity index is 2.83. The van der Waals surface area contributed by atoms with E-state index < -0.39 is 10.9 Å². The molecule has 0 amide bonds. The lowest BCUT2D eigenvalue weighted by Gasteiger charge is -2.03. The van der Waals surface area contributed by atoms with Gasteiger partial charge in [-0.15, -0.1) is 0 Å². The fraction of sp³-hybridized carbons (Fsp3) is 0.333. The standard InChI is InChI=1S/C9H10N2O5/c1-2-16-9(13)4-7-8(12)3-6(5-10-7)11(14)15/h3,5,12H,2,4H2,1H3. The second-order valence-electron chi connectivity index (χ2n) is 2.90. The molecule has 0 unspecified atom stereocenters. The number of aromatic nitrogens is 1. The Morgan fingerprint density at radius 3 is 2.88 bits per heavy atom. The van der Waals surface area contributed by atoms with Gasteiger partial charge in [-0.2, -0.15) is 0 Å². The van der Waals surface area contributed by atoms with Gasteiger partial charge in [-0.25, -0.2) is 4.98 Å². The van der Waals surface area contributed by atoms with Gasteiger partial charge < -0.3 is 9.84 Å². The summed E-state index contributed by atoms with van der Waals surface area (Å²) in [5.41, 5.74) is -0.269. The van der Waals surface area contributed by atoms with Crippen molar-refractivity contribution in [2.45, 2.75) is 13.3 Å². The van der Waals surface area contributed by atoms with E-state index in [4.69, 9.17) is 0 Å². The molecule has 1 aromatic rings. The summed E-state index contributed by atoms with van der Waals surface area (Å²) < 4.78 is 4.65. The van der Waals surface area contributed by atoms with Crippen LogP contribution in [0.1, 0.15) is 12.6 Å². The molecule has 1 rings (SSSR count). The summed E-state index contributed by atoms with van der Waals surface area (Å²) in [6, 6.07) is 0.946. The first-order chi connectivity index (χ1) is 7.54. The van der Waals surface area contributed by atoms with Gasteiger partial charge in [0.1, 0.15) is 11.9 Å². The van der Waals surface area contributed by atoms with E-state index in [1.54, 1.807) is 6.92 Å². The lowest BCUT2D eigenvalue weighted by Crippen LogP contribution is -2.09. The fourth-order valence-corrected chi connectivity index (χ4v) is 1.06. The minimum absolute atomic E-state index is 0.0593. The van der Waals surface area contributed by atoms with Crippen molar-refractivity contribution in [1.29, 1.82) is 0 Å². The Labute approximate surface area is 90.8 Å². The molecule has 0 radical (unpaired) electrons. The zero-order valence-corrected chi connectivity index (χ0v) is 8.54. The van der Waals surface area contributed by atoms with Crippen LogP contribution in [0.4, 0.5) is 5.69 Å². The molecule has 0 aliphatic heterocycles. The van der Waals surface area contributed by atoms with Crippen molar-refractivity contribution in [3.05, 3.63) is 28.1 Å². The van der Waals surface area contributed by atoms with Crippen LogP contribution in [0.3, 0.4) is 0 Å². The summed E-state index contributed by atoms with van der Waals surface area (Å²) in [6.07, 6.45) is 0.770. The molecule has 0 aromatic carbocycles. The van der Waals surface area contributed by atoms with Gasteiger partial charge in [0.25, 0.3) is 5.69 Å². The summed E-state index contributed by atoms with van der Waals surface area (Å²) in [7, 11) is 0. The number of hydrogen-bond acceptors (Lipinski definition) is 6. The van der Waals surface area contributed by atoms with E-state index in [9.17, 15) is 20.0 Å². The zero-order chi connectivity index (χ0) is 12.1. The van der Waals surface area contributed by atoms with Crippen LogP contribution < -0.4 is 0 Å². The molecule has 7 nitrogen and oxygen atoms in total. The van der Waals surface area contributed by atoms with E-state index in [2.05, 4.69) is 9.72 Å². The number of nitro groups is 1. The van der Waals surface area contributed by atoms with Gasteiger partial charge in [0.15, 0.2) is 0 Å². The summed E-state index contributed by atoms with van der Waals surface area (Å²) in [5.74, 6) is -0.929. The molecular formula is C9H10N2O5. The highest BCUT2D eigenvalue weighted by atomic mass is 16.6. The number of ether oxygens (including phenoxy) is 1. The predicted octanol–water partition coefficient (Wildman–Crippen LogP) is 0.801. The van der Waals surface area contributed by atoms with Crippen LogP contribution in [0, 0.1) is 10.1 Å². The van der Waals surface area contributed by atoms with E-state index in [0.29, 0.717) is 0 Å². The molecule has 16 heavy (non-hydrogen) atoms. The molecular weight excluding hydrogens is 216 g/mol. The van der Waals surface area contributed by atoms with Gasteiger partial charge in [-0.1, -0.05) is 0 Å². The minimum Gasteiger partial charge on any atom is -0.506 e. The molecule has 0 fully saturated rings. The van der Waals surface area contributed by atoms with Crippen LogP contribution >= 0.6 is 0 Å². The summed E-state index contributed by atoms with van der Waals surface area (Å²) in [6.45, 7) is 1.88. The first kappa shape index (κ1) is 11.9. The quantitative estimate of drug-likeness (QED) is 0.462. The van der Waals surface area contributed by atoms with E-state index in [0.717, 1.165) is 12.3 Å². The van der Waals surface area contributed by atoms with Crippen LogP contribution in [0.5, 0.6) is 5.75 Å². The van der Waals surface area contributed by atoms with Crippen molar-refractivity contribution in [3.63, 3.8) is 0 Å². The van der Waals surface area contributed by atoms with Gasteiger partial charge in [-0.3, -0.25) is 14.9 Å². The second kappa shape index (κ2) is 5.06. The average molecular weight is 226 g/mol. The third-order valence-corrected chi connectivity index (χ3v) is 1.76. The highest BCUT2D eigenvalue weighted by molar-refractivity contribution is 5.72. The lowest BCUT2D eigenvalue weighted by molar-refractivity contribution is -0.385. The first-order valence-corrected chi connectivity index (χ1v) is 4.52. The number of esters is 1. The summed E-state index contributed by atoms with van der Waals surface area (Å²) in [4.78, 5) is 24.4. The third kappa shape index (κ3) is 2.91. The maximum atomic E-state index is 11.1. The highest BCUT2D eigenvalue weighted by Crippen LogP contribution is 2.21. The molecule has 0 saturated carbocycles. The maximum Gasteiger partial charge on any atom is 0.312 e. The van der Waals surface area contributed by atoms with Crippen LogP contribution in [0.15, 0.2) is 12.3 Å². The average Bonchev–Trinajstić information content (AvgIpc) is 2.21. The van der Waals surface area contributed by atoms with Crippen molar-refractivity contribution < 1.29 is 19.6 Å². The Morgan fingerprint density at radius 2 is 2.38 bits per heavy atom. The molecule has 1 aromatic heterocycles. The summed E-state index contributed by atoms with van der Waals surface area (Å²) in [5, 5.41) is 19.7. The number of pyridine rings is 1. The van der Waals surface area contributed by atoms with Gasteiger partial charge >= 0.3 is 5.97 Å². The van der Waals surface area contributed by atoms with Crippen molar-refractivity contribution in [3.8, 4) is 5.75 Å². The molecule has 0 aliphatic carbocycles. The van der Waals surface area contributed by atoms with Crippen molar-refractivity contribution in [2.75, 3.05) is 6.61 Å². The van der Waals surface area contributed by atoms with Crippen LogP contribution in [-0.2, 0) is 16.0 Å². The third-order valence-electron chi connectivity index (χ3n) is 1.76.